The number of carboxylic acids is 1. The highest BCUT2D eigenvalue weighted by atomic mass is 16.5. The van der Waals surface area contributed by atoms with Crippen LogP contribution < -0.4 is 9.47 Å². The molecular weight excluding hydrogens is 274 g/mol. The lowest BCUT2D eigenvalue weighted by atomic mass is 9.98. The predicted octanol–water partition coefficient (Wildman–Crippen LogP) is 1.38. The van der Waals surface area contributed by atoms with Crippen molar-refractivity contribution >= 4 is 11.9 Å². The van der Waals surface area contributed by atoms with E-state index in [9.17, 15) is 9.59 Å². The van der Waals surface area contributed by atoms with Gasteiger partial charge in [-0.15, -0.1) is 0 Å². The third-order valence-corrected chi connectivity index (χ3v) is 3.89. The number of ether oxygens (including phenoxy) is 2. The molecular formula is C15H19NO5. The minimum absolute atomic E-state index is 0.139. The van der Waals surface area contributed by atoms with Crippen LogP contribution in [0.25, 0.3) is 0 Å². The average molecular weight is 293 g/mol. The molecule has 1 fully saturated rings. The lowest BCUT2D eigenvalue weighted by molar-refractivity contribution is -0.143. The molecule has 6 heteroatoms. The van der Waals surface area contributed by atoms with Gasteiger partial charge in [0.25, 0.3) is 0 Å². The second-order valence-corrected chi connectivity index (χ2v) is 5.13. The van der Waals surface area contributed by atoms with Gasteiger partial charge in [-0.25, -0.2) is 0 Å². The summed E-state index contributed by atoms with van der Waals surface area (Å²) < 4.78 is 10.4. The average Bonchev–Trinajstić information content (AvgIpc) is 2.76. The van der Waals surface area contributed by atoms with Crippen LogP contribution in [0, 0.1) is 11.8 Å². The van der Waals surface area contributed by atoms with Crippen LogP contribution >= 0.6 is 0 Å². The molecule has 0 saturated carbocycles. The molecule has 0 unspecified atom stereocenters. The van der Waals surface area contributed by atoms with Crippen molar-refractivity contribution in [1.29, 1.82) is 0 Å². The number of aliphatic carboxylic acids is 1. The Bertz CT molecular complexity index is 557. The molecule has 1 aliphatic heterocycles. The molecule has 1 amide bonds. The van der Waals surface area contributed by atoms with Crippen molar-refractivity contribution in [2.24, 2.45) is 11.8 Å². The largest absolute Gasteiger partial charge is 0.497 e. The Kier molecular flexibility index (Phi) is 4.35. The maximum absolute atomic E-state index is 12.1. The first kappa shape index (κ1) is 15.2. The van der Waals surface area contributed by atoms with E-state index in [0.717, 1.165) is 5.56 Å². The standard InChI is InChI=1S/C15H19NO5/c1-9-12(15(18)19)8-16(14(9)17)7-10-4-5-11(20-2)6-13(10)21-3/h4-6,9,12H,7-8H2,1-3H3,(H,18,19)/t9-,12-/m1/s1. The minimum atomic E-state index is -0.931. The quantitative estimate of drug-likeness (QED) is 0.887. The van der Waals surface area contributed by atoms with Crippen LogP contribution in [0.15, 0.2) is 18.2 Å². The molecule has 0 aliphatic carbocycles. The molecule has 0 radical (unpaired) electrons. The zero-order valence-electron chi connectivity index (χ0n) is 12.3. The number of benzene rings is 1. The first-order valence-corrected chi connectivity index (χ1v) is 6.70. The van der Waals surface area contributed by atoms with Gasteiger partial charge >= 0.3 is 5.97 Å². The van der Waals surface area contributed by atoms with Crippen LogP contribution in [0.5, 0.6) is 11.5 Å². The van der Waals surface area contributed by atoms with Crippen LogP contribution in [0.1, 0.15) is 12.5 Å². The van der Waals surface area contributed by atoms with Crippen molar-refractivity contribution in [3.05, 3.63) is 23.8 Å². The monoisotopic (exact) mass is 293 g/mol. The first-order chi connectivity index (χ1) is 9.97. The topological polar surface area (TPSA) is 76.1 Å². The molecule has 6 nitrogen and oxygen atoms in total. The number of rotatable bonds is 5. The summed E-state index contributed by atoms with van der Waals surface area (Å²) >= 11 is 0. The molecule has 1 aliphatic rings. The molecule has 114 valence electrons. The first-order valence-electron chi connectivity index (χ1n) is 6.70. The molecule has 0 bridgehead atoms. The fourth-order valence-electron chi connectivity index (χ4n) is 2.57. The van der Waals surface area contributed by atoms with Crippen molar-refractivity contribution in [2.75, 3.05) is 20.8 Å². The number of likely N-dealkylation sites (tertiary alicyclic amines) is 1. The Hall–Kier alpha value is -2.24. The molecule has 1 aromatic carbocycles. The summed E-state index contributed by atoms with van der Waals surface area (Å²) in [6.45, 7) is 2.22. The van der Waals surface area contributed by atoms with Crippen molar-refractivity contribution in [2.45, 2.75) is 13.5 Å². The van der Waals surface area contributed by atoms with Crippen molar-refractivity contribution < 1.29 is 24.2 Å². The van der Waals surface area contributed by atoms with Gasteiger partial charge in [0.2, 0.25) is 5.91 Å². The number of nitrogens with zero attached hydrogens (tertiary/aromatic N) is 1. The lowest BCUT2D eigenvalue weighted by Gasteiger charge is -2.18. The van der Waals surface area contributed by atoms with E-state index in [-0.39, 0.29) is 12.5 Å². The van der Waals surface area contributed by atoms with Crippen LogP contribution in [-0.4, -0.2) is 42.6 Å². The molecule has 1 saturated heterocycles. The maximum atomic E-state index is 12.1. The van der Waals surface area contributed by atoms with E-state index in [1.54, 1.807) is 38.2 Å². The van der Waals surface area contributed by atoms with Gasteiger partial charge in [0.05, 0.1) is 26.1 Å². The Morgan fingerprint density at radius 1 is 1.38 bits per heavy atom. The third-order valence-electron chi connectivity index (χ3n) is 3.89. The number of methoxy groups -OCH3 is 2. The second-order valence-electron chi connectivity index (χ2n) is 5.13. The summed E-state index contributed by atoms with van der Waals surface area (Å²) in [4.78, 5) is 24.8. The highest BCUT2D eigenvalue weighted by Gasteiger charge is 2.41. The zero-order valence-corrected chi connectivity index (χ0v) is 12.3. The fraction of sp³-hybridized carbons (Fsp3) is 0.467. The summed E-state index contributed by atoms with van der Waals surface area (Å²) in [6.07, 6.45) is 0. The molecule has 1 heterocycles. The van der Waals surface area contributed by atoms with Crippen molar-refractivity contribution in [1.82, 2.24) is 4.90 Å². The molecule has 2 rings (SSSR count). The van der Waals surface area contributed by atoms with Crippen LogP contribution in [0.3, 0.4) is 0 Å². The Labute approximate surface area is 123 Å². The number of amides is 1. The summed E-state index contributed by atoms with van der Waals surface area (Å²) in [5, 5.41) is 9.13. The smallest absolute Gasteiger partial charge is 0.309 e. The van der Waals surface area contributed by atoms with E-state index in [2.05, 4.69) is 0 Å². The number of carbonyl (C=O) groups excluding carboxylic acids is 1. The van der Waals surface area contributed by atoms with Gasteiger partial charge in [-0.05, 0) is 12.1 Å². The van der Waals surface area contributed by atoms with Crippen molar-refractivity contribution in [3.63, 3.8) is 0 Å². The summed E-state index contributed by atoms with van der Waals surface area (Å²) in [5.41, 5.74) is 0.824. The minimum Gasteiger partial charge on any atom is -0.497 e. The van der Waals surface area contributed by atoms with E-state index < -0.39 is 17.8 Å². The Morgan fingerprint density at radius 2 is 2.10 bits per heavy atom. The Balaban J connectivity index is 2.19. The molecule has 1 N–H and O–H groups in total. The van der Waals surface area contributed by atoms with Gasteiger partial charge < -0.3 is 19.5 Å². The van der Waals surface area contributed by atoms with Crippen LogP contribution in [-0.2, 0) is 16.1 Å². The van der Waals surface area contributed by atoms with Gasteiger partial charge in [-0.2, -0.15) is 0 Å². The lowest BCUT2D eigenvalue weighted by Crippen LogP contribution is -2.26. The molecule has 21 heavy (non-hydrogen) atoms. The summed E-state index contributed by atoms with van der Waals surface area (Å²) in [7, 11) is 3.12. The Morgan fingerprint density at radius 3 is 2.62 bits per heavy atom. The number of carbonyl (C=O) groups is 2. The number of hydrogen-bond donors (Lipinski definition) is 1. The van der Waals surface area contributed by atoms with E-state index in [1.165, 1.54) is 0 Å². The van der Waals surface area contributed by atoms with Gasteiger partial charge in [-0.1, -0.05) is 6.92 Å². The molecule has 0 spiro atoms. The van der Waals surface area contributed by atoms with E-state index in [0.29, 0.717) is 18.0 Å². The third kappa shape index (κ3) is 2.94. The van der Waals surface area contributed by atoms with E-state index in [4.69, 9.17) is 14.6 Å². The normalized spacial score (nSPS) is 21.5. The molecule has 0 aromatic heterocycles. The summed E-state index contributed by atoms with van der Waals surface area (Å²) in [6, 6.07) is 5.36. The highest BCUT2D eigenvalue weighted by molar-refractivity contribution is 5.88. The van der Waals surface area contributed by atoms with Gasteiger partial charge in [0.1, 0.15) is 11.5 Å². The highest BCUT2D eigenvalue weighted by Crippen LogP contribution is 2.30. The van der Waals surface area contributed by atoms with Gasteiger partial charge in [-0.3, -0.25) is 9.59 Å². The number of carboxylic acid groups (broad SMARTS) is 1. The van der Waals surface area contributed by atoms with E-state index in [1.807, 2.05) is 6.07 Å². The van der Waals surface area contributed by atoms with Gasteiger partial charge in [0.15, 0.2) is 0 Å². The molecule has 1 aromatic rings. The van der Waals surface area contributed by atoms with E-state index >= 15 is 0 Å². The molecule has 2 atom stereocenters. The van der Waals surface area contributed by atoms with Crippen LogP contribution in [0.4, 0.5) is 0 Å². The predicted molar refractivity (Wildman–Crippen MR) is 75.3 cm³/mol. The SMILES string of the molecule is COc1ccc(CN2C[C@@H](C(=O)O)[C@@H](C)C2=O)c(OC)c1. The maximum Gasteiger partial charge on any atom is 0.309 e. The number of hydrogen-bond acceptors (Lipinski definition) is 4. The van der Waals surface area contributed by atoms with Gasteiger partial charge in [0, 0.05) is 24.7 Å². The summed E-state index contributed by atoms with van der Waals surface area (Å²) in [5.74, 6) is -0.928. The fourth-order valence-corrected chi connectivity index (χ4v) is 2.57. The van der Waals surface area contributed by atoms with Crippen molar-refractivity contribution in [3.8, 4) is 11.5 Å². The second kappa shape index (κ2) is 6.03. The van der Waals surface area contributed by atoms with Crippen LogP contribution in [0.2, 0.25) is 0 Å². The zero-order chi connectivity index (χ0) is 15.6.